The highest BCUT2D eigenvalue weighted by atomic mass is 16.3. The minimum absolute atomic E-state index is 0.237. The van der Waals surface area contributed by atoms with Crippen molar-refractivity contribution in [2.45, 2.75) is 6.54 Å². The summed E-state index contributed by atoms with van der Waals surface area (Å²) >= 11 is 0. The number of phenols is 1. The van der Waals surface area contributed by atoms with Crippen molar-refractivity contribution < 1.29 is 5.11 Å². The summed E-state index contributed by atoms with van der Waals surface area (Å²) in [6.45, 7) is 0.552. The van der Waals surface area contributed by atoms with Crippen LogP contribution in [-0.4, -0.2) is 24.6 Å². The summed E-state index contributed by atoms with van der Waals surface area (Å²) in [4.78, 5) is 12.3. The van der Waals surface area contributed by atoms with Crippen molar-refractivity contribution in [1.82, 2.24) is 19.5 Å². The Bertz CT molecular complexity index is 663. The standard InChI is InChI=1S/C12H11N5O/c13-11-10-12(15-6-14-10)17(7-16-11)5-8-2-1-3-9(18)4-8/h1-4,6-7,18H,5,13H2. The van der Waals surface area contributed by atoms with Gasteiger partial charge in [-0.15, -0.1) is 0 Å². The summed E-state index contributed by atoms with van der Waals surface area (Å²) in [5.74, 6) is 1.29. The van der Waals surface area contributed by atoms with Crippen LogP contribution in [-0.2, 0) is 6.54 Å². The van der Waals surface area contributed by atoms with E-state index in [0.717, 1.165) is 5.56 Å². The Hall–Kier alpha value is -2.63. The van der Waals surface area contributed by atoms with Gasteiger partial charge < -0.3 is 15.4 Å². The van der Waals surface area contributed by atoms with Crippen molar-refractivity contribution in [3.63, 3.8) is 0 Å². The molecule has 2 aliphatic rings. The number of rotatable bonds is 2. The number of anilines is 1. The zero-order chi connectivity index (χ0) is 12.5. The van der Waals surface area contributed by atoms with E-state index in [-0.39, 0.29) is 5.75 Å². The molecule has 0 amide bonds. The number of phenolic OH excluding ortho intramolecular Hbond substituents is 1. The first-order chi connectivity index (χ1) is 8.74. The van der Waals surface area contributed by atoms with Crippen LogP contribution in [0.1, 0.15) is 5.56 Å². The Kier molecular flexibility index (Phi) is 2.33. The second-order valence-electron chi connectivity index (χ2n) is 3.97. The molecule has 0 saturated heterocycles. The number of nitrogen functional groups attached to an aromatic ring is 1. The van der Waals surface area contributed by atoms with Gasteiger partial charge in [0.1, 0.15) is 17.8 Å². The predicted octanol–water partition coefficient (Wildman–Crippen LogP) is 1.11. The molecule has 1 aromatic rings. The van der Waals surface area contributed by atoms with Crippen molar-refractivity contribution in [1.29, 1.82) is 0 Å². The third kappa shape index (κ3) is 1.73. The van der Waals surface area contributed by atoms with Gasteiger partial charge in [-0.3, -0.25) is 0 Å². The Morgan fingerprint density at radius 3 is 2.94 bits per heavy atom. The molecule has 6 nitrogen and oxygen atoms in total. The highest BCUT2D eigenvalue weighted by molar-refractivity contribution is 5.64. The summed E-state index contributed by atoms with van der Waals surface area (Å²) in [6.07, 6.45) is 3.08. The fraction of sp³-hybridized carbons (Fsp3) is 0.0833. The normalized spacial score (nSPS) is 10.9. The number of hydrogen-bond acceptors (Lipinski definition) is 5. The molecule has 0 aromatic heterocycles. The van der Waals surface area contributed by atoms with Gasteiger partial charge in [0, 0.05) is 0 Å². The van der Waals surface area contributed by atoms with E-state index < -0.39 is 0 Å². The number of imidazole rings is 1. The highest BCUT2D eigenvalue weighted by Gasteiger charge is 2.14. The second-order valence-corrected chi connectivity index (χ2v) is 3.97. The average molecular weight is 241 g/mol. The highest BCUT2D eigenvalue weighted by Crippen LogP contribution is 2.22. The molecule has 0 radical (unpaired) electrons. The summed E-state index contributed by atoms with van der Waals surface area (Å²) < 4.78 is 1.84. The van der Waals surface area contributed by atoms with Gasteiger partial charge in [0.25, 0.3) is 0 Å². The SMILES string of the molecule is Nc1ncn(Cc2cccc(O)c2)c2ncnc1-2. The van der Waals surface area contributed by atoms with Crippen LogP contribution in [0.5, 0.6) is 5.75 Å². The number of nitrogens with two attached hydrogens (primary N) is 1. The molecule has 2 aliphatic heterocycles. The van der Waals surface area contributed by atoms with Gasteiger partial charge in [0.05, 0.1) is 12.9 Å². The molecule has 0 aliphatic carbocycles. The van der Waals surface area contributed by atoms with Crippen LogP contribution in [0.4, 0.5) is 5.82 Å². The third-order valence-electron chi connectivity index (χ3n) is 2.69. The average Bonchev–Trinajstić information content (AvgIpc) is 2.83. The number of benzene rings is 1. The lowest BCUT2D eigenvalue weighted by Crippen LogP contribution is -2.09. The van der Waals surface area contributed by atoms with Gasteiger partial charge in [-0.2, -0.15) is 0 Å². The van der Waals surface area contributed by atoms with Gasteiger partial charge in [-0.05, 0) is 17.7 Å². The van der Waals surface area contributed by atoms with Crippen LogP contribution in [0.25, 0.3) is 11.5 Å². The fourth-order valence-electron chi connectivity index (χ4n) is 1.87. The first kappa shape index (κ1) is 10.5. The van der Waals surface area contributed by atoms with Gasteiger partial charge >= 0.3 is 0 Å². The molecule has 90 valence electrons. The van der Waals surface area contributed by atoms with E-state index in [0.29, 0.717) is 23.9 Å². The minimum Gasteiger partial charge on any atom is -0.508 e. The lowest BCUT2D eigenvalue weighted by molar-refractivity contribution is 0.474. The maximum atomic E-state index is 9.44. The van der Waals surface area contributed by atoms with E-state index in [1.807, 2.05) is 10.6 Å². The Morgan fingerprint density at radius 1 is 1.22 bits per heavy atom. The Labute approximate surface area is 103 Å². The molecule has 3 N–H and O–H groups in total. The van der Waals surface area contributed by atoms with Crippen molar-refractivity contribution in [3.05, 3.63) is 42.5 Å². The molecule has 2 heterocycles. The molecule has 0 fully saturated rings. The van der Waals surface area contributed by atoms with E-state index >= 15 is 0 Å². The molecular weight excluding hydrogens is 230 g/mol. The van der Waals surface area contributed by atoms with Crippen LogP contribution in [0.2, 0.25) is 0 Å². The molecule has 0 unspecified atom stereocenters. The maximum Gasteiger partial charge on any atom is 0.165 e. The van der Waals surface area contributed by atoms with E-state index in [4.69, 9.17) is 5.73 Å². The zero-order valence-corrected chi connectivity index (χ0v) is 9.48. The number of aromatic hydroxyl groups is 1. The molecule has 0 atom stereocenters. The van der Waals surface area contributed by atoms with Gasteiger partial charge in [0.2, 0.25) is 0 Å². The molecule has 0 saturated carbocycles. The van der Waals surface area contributed by atoms with Crippen molar-refractivity contribution in [3.8, 4) is 17.3 Å². The molecule has 0 bridgehead atoms. The van der Waals surface area contributed by atoms with Crippen molar-refractivity contribution in [2.24, 2.45) is 0 Å². The summed E-state index contributed by atoms with van der Waals surface area (Å²) in [6, 6.07) is 7.05. The lowest BCUT2D eigenvalue weighted by Gasteiger charge is -2.11. The number of nitrogens with zero attached hydrogens (tertiary/aromatic N) is 4. The molecule has 18 heavy (non-hydrogen) atoms. The first-order valence-corrected chi connectivity index (χ1v) is 5.43. The lowest BCUT2D eigenvalue weighted by atomic mass is 10.2. The maximum absolute atomic E-state index is 9.44. The number of hydrogen-bond donors (Lipinski definition) is 2. The summed E-state index contributed by atoms with van der Waals surface area (Å²) in [5.41, 5.74) is 7.27. The van der Waals surface area contributed by atoms with Crippen LogP contribution < -0.4 is 5.73 Å². The largest absolute Gasteiger partial charge is 0.508 e. The molecule has 0 spiro atoms. The third-order valence-corrected chi connectivity index (χ3v) is 2.69. The number of fused-ring (bicyclic) bond motifs is 1. The quantitative estimate of drug-likeness (QED) is 0.701. The van der Waals surface area contributed by atoms with Crippen LogP contribution in [0.15, 0.2) is 36.9 Å². The van der Waals surface area contributed by atoms with Crippen molar-refractivity contribution >= 4 is 5.82 Å². The molecular formula is C12H11N5O. The first-order valence-electron chi connectivity index (χ1n) is 5.43. The van der Waals surface area contributed by atoms with E-state index in [9.17, 15) is 5.11 Å². The van der Waals surface area contributed by atoms with Gasteiger partial charge in [0.15, 0.2) is 11.6 Å². The van der Waals surface area contributed by atoms with Crippen LogP contribution >= 0.6 is 0 Å². The molecule has 1 aromatic carbocycles. The smallest absolute Gasteiger partial charge is 0.165 e. The topological polar surface area (TPSA) is 89.8 Å². The van der Waals surface area contributed by atoms with Crippen LogP contribution in [0.3, 0.4) is 0 Å². The van der Waals surface area contributed by atoms with E-state index in [1.165, 1.54) is 6.33 Å². The van der Waals surface area contributed by atoms with E-state index in [2.05, 4.69) is 15.0 Å². The van der Waals surface area contributed by atoms with Gasteiger partial charge in [-0.25, -0.2) is 15.0 Å². The zero-order valence-electron chi connectivity index (χ0n) is 9.48. The second kappa shape index (κ2) is 3.99. The summed E-state index contributed by atoms with van der Waals surface area (Å²) in [7, 11) is 0. The minimum atomic E-state index is 0.237. The summed E-state index contributed by atoms with van der Waals surface area (Å²) in [5, 5.41) is 9.44. The molecule has 6 heteroatoms. The Balaban J connectivity index is 2.01. The fourth-order valence-corrected chi connectivity index (χ4v) is 1.87. The molecule has 3 rings (SSSR count). The monoisotopic (exact) mass is 241 g/mol. The predicted molar refractivity (Wildman–Crippen MR) is 66.1 cm³/mol. The van der Waals surface area contributed by atoms with Crippen LogP contribution in [0, 0.1) is 0 Å². The van der Waals surface area contributed by atoms with E-state index in [1.54, 1.807) is 24.5 Å². The Morgan fingerprint density at radius 2 is 2.11 bits per heavy atom. The van der Waals surface area contributed by atoms with Crippen molar-refractivity contribution in [2.75, 3.05) is 5.73 Å². The number of aromatic nitrogens is 4. The van der Waals surface area contributed by atoms with Gasteiger partial charge in [-0.1, -0.05) is 12.1 Å².